The second kappa shape index (κ2) is 4.14. The van der Waals surface area contributed by atoms with E-state index in [1.165, 1.54) is 6.07 Å². The van der Waals surface area contributed by atoms with E-state index in [2.05, 4.69) is 15.9 Å². The Bertz CT molecular complexity index is 491. The first kappa shape index (κ1) is 12.5. The van der Waals surface area contributed by atoms with Gasteiger partial charge in [0, 0.05) is 4.47 Å². The third-order valence-corrected chi connectivity index (χ3v) is 2.38. The molecule has 1 aromatic rings. The molecule has 1 N–H and O–H groups in total. The molecule has 84 valence electrons. The maximum atomic E-state index is 12.5. The summed E-state index contributed by atoms with van der Waals surface area (Å²) in [5, 5.41) is 17.2. The van der Waals surface area contributed by atoms with Crippen molar-refractivity contribution in [1.82, 2.24) is 0 Å². The Hall–Kier alpha value is -1.55. The van der Waals surface area contributed by atoms with Crippen LogP contribution in [0.15, 0.2) is 16.6 Å². The minimum absolute atomic E-state index is 0.192. The summed E-state index contributed by atoms with van der Waals surface area (Å²) in [7, 11) is 0. The molecule has 0 aliphatic rings. The topological polar surface area (TPSA) is 61.1 Å². The van der Waals surface area contributed by atoms with Crippen molar-refractivity contribution >= 4 is 21.9 Å². The Morgan fingerprint density at radius 2 is 2.00 bits per heavy atom. The number of aromatic carboxylic acids is 1. The van der Waals surface area contributed by atoms with Crippen molar-refractivity contribution in [2.45, 2.75) is 6.18 Å². The molecule has 0 unspecified atom stereocenters. The number of halogens is 4. The van der Waals surface area contributed by atoms with Crippen LogP contribution < -0.4 is 0 Å². The maximum absolute atomic E-state index is 12.5. The van der Waals surface area contributed by atoms with Gasteiger partial charge >= 0.3 is 12.1 Å². The fraction of sp³-hybridized carbons (Fsp3) is 0.111. The smallest absolute Gasteiger partial charge is 0.417 e. The van der Waals surface area contributed by atoms with Crippen molar-refractivity contribution in [3.05, 3.63) is 33.3 Å². The van der Waals surface area contributed by atoms with Crippen LogP contribution in [0.25, 0.3) is 0 Å². The Balaban J connectivity index is 3.57. The van der Waals surface area contributed by atoms with Gasteiger partial charge in [-0.15, -0.1) is 0 Å². The van der Waals surface area contributed by atoms with Crippen molar-refractivity contribution in [2.24, 2.45) is 0 Å². The van der Waals surface area contributed by atoms with Gasteiger partial charge in [0.05, 0.1) is 16.7 Å². The number of nitrogens with zero attached hydrogens (tertiary/aromatic N) is 1. The summed E-state index contributed by atoms with van der Waals surface area (Å²) in [6.45, 7) is 0. The minimum atomic E-state index is -4.76. The van der Waals surface area contributed by atoms with Gasteiger partial charge in [-0.05, 0) is 28.1 Å². The van der Waals surface area contributed by atoms with Gasteiger partial charge in [-0.3, -0.25) is 0 Å². The Morgan fingerprint density at radius 3 is 2.38 bits per heavy atom. The summed E-state index contributed by atoms with van der Waals surface area (Å²) in [4.78, 5) is 10.6. The molecule has 0 saturated heterocycles. The lowest BCUT2D eigenvalue weighted by molar-refractivity contribution is -0.137. The van der Waals surface area contributed by atoms with Crippen molar-refractivity contribution in [1.29, 1.82) is 5.26 Å². The molecular weight excluding hydrogens is 291 g/mol. The normalized spacial score (nSPS) is 10.9. The van der Waals surface area contributed by atoms with E-state index >= 15 is 0 Å². The molecule has 0 heterocycles. The van der Waals surface area contributed by atoms with Crippen LogP contribution in [0.5, 0.6) is 0 Å². The highest BCUT2D eigenvalue weighted by Crippen LogP contribution is 2.35. The van der Waals surface area contributed by atoms with E-state index in [-0.39, 0.29) is 4.47 Å². The van der Waals surface area contributed by atoms with E-state index < -0.39 is 28.8 Å². The van der Waals surface area contributed by atoms with Crippen molar-refractivity contribution in [2.75, 3.05) is 0 Å². The monoisotopic (exact) mass is 293 g/mol. The molecule has 0 saturated carbocycles. The Morgan fingerprint density at radius 1 is 1.44 bits per heavy atom. The van der Waals surface area contributed by atoms with Gasteiger partial charge in [-0.25, -0.2) is 4.79 Å². The highest BCUT2D eigenvalue weighted by Gasteiger charge is 2.35. The van der Waals surface area contributed by atoms with Crippen molar-refractivity contribution < 1.29 is 23.1 Å². The van der Waals surface area contributed by atoms with Crippen LogP contribution in [0.3, 0.4) is 0 Å². The third kappa shape index (κ3) is 2.33. The minimum Gasteiger partial charge on any atom is -0.478 e. The number of hydrogen-bond donors (Lipinski definition) is 1. The van der Waals surface area contributed by atoms with Crippen molar-refractivity contribution in [3.8, 4) is 6.07 Å². The zero-order chi connectivity index (χ0) is 12.5. The average molecular weight is 294 g/mol. The summed E-state index contributed by atoms with van der Waals surface area (Å²) in [5.41, 5.74) is -2.42. The predicted octanol–water partition coefficient (Wildman–Crippen LogP) is 3.04. The lowest BCUT2D eigenvalue weighted by Gasteiger charge is -2.10. The Labute approximate surface area is 96.2 Å². The van der Waals surface area contributed by atoms with Crippen LogP contribution >= 0.6 is 15.9 Å². The maximum Gasteiger partial charge on any atom is 0.417 e. The number of carboxylic acids is 1. The predicted molar refractivity (Wildman–Crippen MR) is 50.8 cm³/mol. The van der Waals surface area contributed by atoms with Crippen LogP contribution in [0.4, 0.5) is 13.2 Å². The van der Waals surface area contributed by atoms with Crippen LogP contribution in [0, 0.1) is 11.3 Å². The van der Waals surface area contributed by atoms with Gasteiger partial charge in [0.2, 0.25) is 0 Å². The number of carboxylic acid groups (broad SMARTS) is 1. The Kier molecular flexibility index (Phi) is 3.24. The van der Waals surface area contributed by atoms with E-state index in [1.54, 1.807) is 0 Å². The largest absolute Gasteiger partial charge is 0.478 e. The van der Waals surface area contributed by atoms with Gasteiger partial charge in [-0.2, -0.15) is 18.4 Å². The summed E-state index contributed by atoms with van der Waals surface area (Å²) in [6.07, 6.45) is -4.76. The van der Waals surface area contributed by atoms with Gasteiger partial charge < -0.3 is 5.11 Å². The molecular formula is C9H3BrF3NO2. The van der Waals surface area contributed by atoms with Crippen LogP contribution in [-0.2, 0) is 6.18 Å². The second-order valence-corrected chi connectivity index (χ2v) is 3.65. The first-order valence-electron chi connectivity index (χ1n) is 3.81. The average Bonchev–Trinajstić information content (AvgIpc) is 2.14. The highest BCUT2D eigenvalue weighted by molar-refractivity contribution is 9.10. The second-order valence-electron chi connectivity index (χ2n) is 2.80. The first-order valence-corrected chi connectivity index (χ1v) is 4.60. The number of benzene rings is 1. The number of nitriles is 1. The summed E-state index contributed by atoms with van der Waals surface area (Å²) < 4.78 is 37.3. The molecule has 0 fully saturated rings. The van der Waals surface area contributed by atoms with Gasteiger partial charge in [0.25, 0.3) is 0 Å². The third-order valence-electron chi connectivity index (χ3n) is 1.75. The van der Waals surface area contributed by atoms with Gasteiger partial charge in [0.15, 0.2) is 0 Å². The van der Waals surface area contributed by atoms with E-state index in [4.69, 9.17) is 10.4 Å². The molecule has 0 atom stereocenters. The molecule has 0 aliphatic heterocycles. The number of carbonyl (C=O) groups is 1. The summed E-state index contributed by atoms with van der Waals surface area (Å²) in [6, 6.07) is 2.77. The van der Waals surface area contributed by atoms with E-state index in [9.17, 15) is 18.0 Å². The molecule has 7 heteroatoms. The number of rotatable bonds is 1. The molecule has 1 aromatic carbocycles. The van der Waals surface area contributed by atoms with Crippen LogP contribution in [-0.4, -0.2) is 11.1 Å². The zero-order valence-corrected chi connectivity index (χ0v) is 9.06. The van der Waals surface area contributed by atoms with E-state index in [0.717, 1.165) is 6.07 Å². The first-order chi connectivity index (χ1) is 7.27. The standard InChI is InChI=1S/C9H3BrF3NO2/c10-7-2-4(8(15)16)1-6(5(7)3-14)9(11,12)13/h1-2H,(H,15,16). The lowest BCUT2D eigenvalue weighted by atomic mass is 10.0. The number of hydrogen-bond acceptors (Lipinski definition) is 2. The molecule has 0 bridgehead atoms. The lowest BCUT2D eigenvalue weighted by Crippen LogP contribution is -2.10. The quantitative estimate of drug-likeness (QED) is 0.866. The number of alkyl halides is 3. The summed E-state index contributed by atoms with van der Waals surface area (Å²) >= 11 is 2.73. The summed E-state index contributed by atoms with van der Waals surface area (Å²) in [5.74, 6) is -1.49. The fourth-order valence-electron chi connectivity index (χ4n) is 1.07. The van der Waals surface area contributed by atoms with Gasteiger partial charge in [-0.1, -0.05) is 0 Å². The van der Waals surface area contributed by atoms with Crippen molar-refractivity contribution in [3.63, 3.8) is 0 Å². The fourth-order valence-corrected chi connectivity index (χ4v) is 1.62. The molecule has 1 rings (SSSR count). The van der Waals surface area contributed by atoms with E-state index in [1.807, 2.05) is 0 Å². The molecule has 16 heavy (non-hydrogen) atoms. The SMILES string of the molecule is N#Cc1c(Br)cc(C(=O)O)cc1C(F)(F)F. The molecule has 0 aromatic heterocycles. The van der Waals surface area contributed by atoms with Gasteiger partial charge in [0.1, 0.15) is 6.07 Å². The van der Waals surface area contributed by atoms with E-state index in [0.29, 0.717) is 6.07 Å². The molecule has 3 nitrogen and oxygen atoms in total. The molecule has 0 aliphatic carbocycles. The molecule has 0 radical (unpaired) electrons. The van der Waals surface area contributed by atoms with Crippen LogP contribution in [0.2, 0.25) is 0 Å². The molecule has 0 amide bonds. The molecule has 0 spiro atoms. The zero-order valence-electron chi connectivity index (χ0n) is 7.47. The highest BCUT2D eigenvalue weighted by atomic mass is 79.9. The van der Waals surface area contributed by atoms with Crippen LogP contribution in [0.1, 0.15) is 21.5 Å².